The summed E-state index contributed by atoms with van der Waals surface area (Å²) in [5.41, 5.74) is 1.92. The maximum absolute atomic E-state index is 12.0. The van der Waals surface area contributed by atoms with E-state index in [-0.39, 0.29) is 18.1 Å². The molecule has 0 aliphatic carbocycles. The molecular formula is C18H20N4O4. The molecule has 0 bridgehead atoms. The van der Waals surface area contributed by atoms with Gasteiger partial charge in [0.05, 0.1) is 18.9 Å². The fourth-order valence-corrected chi connectivity index (χ4v) is 2.46. The second kappa shape index (κ2) is 7.81. The zero-order chi connectivity index (χ0) is 18.5. The Hall–Kier alpha value is -3.16. The number of anilines is 1. The fraction of sp³-hybridized carbons (Fsp3) is 0.333. The fourth-order valence-electron chi connectivity index (χ4n) is 2.46. The molecule has 3 aromatic rings. The lowest BCUT2D eigenvalue weighted by molar-refractivity contribution is 0.0512. The highest BCUT2D eigenvalue weighted by Crippen LogP contribution is 2.24. The predicted octanol–water partition coefficient (Wildman–Crippen LogP) is 3.11. The molecule has 0 unspecified atom stereocenters. The number of aromatic nitrogens is 3. The molecule has 8 nitrogen and oxygen atoms in total. The van der Waals surface area contributed by atoms with E-state index < -0.39 is 5.97 Å². The van der Waals surface area contributed by atoms with Crippen LogP contribution >= 0.6 is 0 Å². The Bertz CT molecular complexity index is 905. The van der Waals surface area contributed by atoms with Crippen molar-refractivity contribution in [3.63, 3.8) is 0 Å². The number of benzene rings is 1. The summed E-state index contributed by atoms with van der Waals surface area (Å²) in [5.74, 6) is 0.628. The van der Waals surface area contributed by atoms with Crippen LogP contribution in [0.2, 0.25) is 0 Å². The molecule has 0 spiro atoms. The molecule has 1 aromatic carbocycles. The van der Waals surface area contributed by atoms with Crippen molar-refractivity contribution in [2.24, 2.45) is 0 Å². The monoisotopic (exact) mass is 356 g/mol. The molecule has 0 fully saturated rings. The summed E-state index contributed by atoms with van der Waals surface area (Å²) < 4.78 is 15.6. The highest BCUT2D eigenvalue weighted by molar-refractivity contribution is 5.93. The van der Waals surface area contributed by atoms with E-state index in [9.17, 15) is 4.79 Å². The van der Waals surface area contributed by atoms with Crippen LogP contribution in [0, 0.1) is 6.92 Å². The standard InChI is InChI=1S/C18H20N4O4/c1-4-24-13-8-6-12(7-9-13)10-19-15-14-11(3)22-26-17(14)21-16(20-15)18(23)25-5-2/h6-9H,4-5,10H2,1-3H3,(H,19,20,21). The van der Waals surface area contributed by atoms with Crippen molar-refractivity contribution in [3.05, 3.63) is 41.3 Å². The first kappa shape index (κ1) is 17.7. The van der Waals surface area contributed by atoms with Gasteiger partial charge in [-0.15, -0.1) is 0 Å². The van der Waals surface area contributed by atoms with Gasteiger partial charge in [-0.2, -0.15) is 4.98 Å². The molecule has 0 radical (unpaired) electrons. The van der Waals surface area contributed by atoms with Gasteiger partial charge in [0.2, 0.25) is 5.82 Å². The van der Waals surface area contributed by atoms with Gasteiger partial charge in [0.15, 0.2) is 0 Å². The Morgan fingerprint density at radius 3 is 2.62 bits per heavy atom. The number of esters is 1. The molecular weight excluding hydrogens is 336 g/mol. The van der Waals surface area contributed by atoms with Crippen LogP contribution in [0.4, 0.5) is 5.82 Å². The molecule has 0 aliphatic rings. The van der Waals surface area contributed by atoms with Crippen LogP contribution in [-0.2, 0) is 11.3 Å². The van der Waals surface area contributed by atoms with E-state index in [1.54, 1.807) is 13.8 Å². The van der Waals surface area contributed by atoms with Crippen molar-refractivity contribution in [2.45, 2.75) is 27.3 Å². The van der Waals surface area contributed by atoms with Crippen molar-refractivity contribution in [1.82, 2.24) is 15.1 Å². The maximum Gasteiger partial charge on any atom is 0.376 e. The van der Waals surface area contributed by atoms with Crippen LogP contribution in [-0.4, -0.2) is 34.3 Å². The number of carbonyl (C=O) groups is 1. The quantitative estimate of drug-likeness (QED) is 0.645. The Morgan fingerprint density at radius 1 is 1.15 bits per heavy atom. The molecule has 2 heterocycles. The van der Waals surface area contributed by atoms with Crippen molar-refractivity contribution in [2.75, 3.05) is 18.5 Å². The predicted molar refractivity (Wildman–Crippen MR) is 95.2 cm³/mol. The highest BCUT2D eigenvalue weighted by atomic mass is 16.5. The third kappa shape index (κ3) is 3.74. The van der Waals surface area contributed by atoms with Crippen molar-refractivity contribution in [3.8, 4) is 5.75 Å². The summed E-state index contributed by atoms with van der Waals surface area (Å²) in [5, 5.41) is 7.77. The van der Waals surface area contributed by atoms with E-state index in [1.807, 2.05) is 31.2 Å². The average molecular weight is 356 g/mol. The summed E-state index contributed by atoms with van der Waals surface area (Å²) >= 11 is 0. The first-order chi connectivity index (χ1) is 12.6. The van der Waals surface area contributed by atoms with E-state index in [0.29, 0.717) is 30.0 Å². The Kier molecular flexibility index (Phi) is 5.31. The molecule has 0 saturated carbocycles. The van der Waals surface area contributed by atoms with Gasteiger partial charge in [0.25, 0.3) is 5.71 Å². The summed E-state index contributed by atoms with van der Waals surface area (Å²) in [4.78, 5) is 20.4. The molecule has 8 heteroatoms. The second-order valence-corrected chi connectivity index (χ2v) is 5.49. The number of nitrogens with zero attached hydrogens (tertiary/aromatic N) is 3. The van der Waals surface area contributed by atoms with Crippen molar-refractivity contribution >= 4 is 22.9 Å². The molecule has 136 valence electrons. The largest absolute Gasteiger partial charge is 0.494 e. The minimum Gasteiger partial charge on any atom is -0.494 e. The molecule has 3 rings (SSSR count). The summed E-state index contributed by atoms with van der Waals surface area (Å²) in [7, 11) is 0. The molecule has 0 aliphatic heterocycles. The smallest absolute Gasteiger partial charge is 0.376 e. The van der Waals surface area contributed by atoms with Crippen LogP contribution in [0.1, 0.15) is 35.7 Å². The van der Waals surface area contributed by atoms with Crippen molar-refractivity contribution in [1.29, 1.82) is 0 Å². The zero-order valence-corrected chi connectivity index (χ0v) is 14.9. The SMILES string of the molecule is CCOC(=O)c1nc(NCc2ccc(OCC)cc2)c2c(C)noc2n1. The number of nitrogens with one attached hydrogen (secondary N) is 1. The number of carbonyl (C=O) groups excluding carboxylic acids is 1. The van der Waals surface area contributed by atoms with Gasteiger partial charge in [0.1, 0.15) is 17.0 Å². The summed E-state index contributed by atoms with van der Waals surface area (Å²) in [6.45, 7) is 6.83. The van der Waals surface area contributed by atoms with Gasteiger partial charge >= 0.3 is 5.97 Å². The van der Waals surface area contributed by atoms with E-state index in [2.05, 4.69) is 20.4 Å². The van der Waals surface area contributed by atoms with Gasteiger partial charge in [0, 0.05) is 6.54 Å². The number of hydrogen-bond acceptors (Lipinski definition) is 8. The van der Waals surface area contributed by atoms with E-state index >= 15 is 0 Å². The zero-order valence-electron chi connectivity index (χ0n) is 14.9. The molecule has 1 N–H and O–H groups in total. The van der Waals surface area contributed by atoms with Crippen LogP contribution in [0.5, 0.6) is 5.75 Å². The van der Waals surface area contributed by atoms with Gasteiger partial charge in [-0.05, 0) is 38.5 Å². The second-order valence-electron chi connectivity index (χ2n) is 5.49. The van der Waals surface area contributed by atoms with E-state index in [1.165, 1.54) is 0 Å². The van der Waals surface area contributed by atoms with Gasteiger partial charge in [-0.3, -0.25) is 0 Å². The lowest BCUT2D eigenvalue weighted by Crippen LogP contribution is -2.12. The van der Waals surface area contributed by atoms with Crippen LogP contribution < -0.4 is 10.1 Å². The topological polar surface area (TPSA) is 99.4 Å². The van der Waals surface area contributed by atoms with Crippen LogP contribution in [0.15, 0.2) is 28.8 Å². The van der Waals surface area contributed by atoms with E-state index in [4.69, 9.17) is 14.0 Å². The Balaban J connectivity index is 1.85. The Labute approximate surface area is 150 Å². The first-order valence-electron chi connectivity index (χ1n) is 8.39. The van der Waals surface area contributed by atoms with E-state index in [0.717, 1.165) is 11.3 Å². The average Bonchev–Trinajstić information content (AvgIpc) is 3.02. The molecule has 0 amide bonds. The number of hydrogen-bond donors (Lipinski definition) is 1. The summed E-state index contributed by atoms with van der Waals surface area (Å²) in [6.07, 6.45) is 0. The third-order valence-electron chi connectivity index (χ3n) is 3.66. The number of aryl methyl sites for hydroxylation is 1. The van der Waals surface area contributed by atoms with Crippen LogP contribution in [0.3, 0.4) is 0 Å². The van der Waals surface area contributed by atoms with Gasteiger partial charge < -0.3 is 19.3 Å². The minimum absolute atomic E-state index is 0.0651. The molecule has 0 atom stereocenters. The normalized spacial score (nSPS) is 10.7. The lowest BCUT2D eigenvalue weighted by Gasteiger charge is -2.09. The molecule has 0 saturated heterocycles. The van der Waals surface area contributed by atoms with Crippen molar-refractivity contribution < 1.29 is 18.8 Å². The number of fused-ring (bicyclic) bond motifs is 1. The molecule has 2 aromatic heterocycles. The lowest BCUT2D eigenvalue weighted by atomic mass is 10.2. The molecule has 26 heavy (non-hydrogen) atoms. The van der Waals surface area contributed by atoms with Gasteiger partial charge in [-0.1, -0.05) is 17.3 Å². The number of ether oxygens (including phenoxy) is 2. The maximum atomic E-state index is 12.0. The third-order valence-corrected chi connectivity index (χ3v) is 3.66. The highest BCUT2D eigenvalue weighted by Gasteiger charge is 2.19. The number of rotatable bonds is 7. The van der Waals surface area contributed by atoms with Gasteiger partial charge in [-0.25, -0.2) is 9.78 Å². The minimum atomic E-state index is -0.604. The van der Waals surface area contributed by atoms with Crippen LogP contribution in [0.25, 0.3) is 11.1 Å². The first-order valence-corrected chi connectivity index (χ1v) is 8.39. The Morgan fingerprint density at radius 2 is 1.92 bits per heavy atom. The summed E-state index contributed by atoms with van der Waals surface area (Å²) in [6, 6.07) is 7.74.